The number of carboxylic acid groups (broad SMARTS) is 1. The Balaban J connectivity index is 2.90. The summed E-state index contributed by atoms with van der Waals surface area (Å²) in [6.45, 7) is 3.66. The van der Waals surface area contributed by atoms with Crippen LogP contribution in [0.5, 0.6) is 0 Å². The van der Waals surface area contributed by atoms with E-state index in [9.17, 15) is 13.2 Å². The van der Waals surface area contributed by atoms with Crippen LogP contribution in [0.25, 0.3) is 0 Å². The van der Waals surface area contributed by atoms with E-state index in [2.05, 4.69) is 4.72 Å². The molecule has 0 saturated heterocycles. The highest BCUT2D eigenvalue weighted by Gasteiger charge is 2.23. The number of aliphatic carboxylic acids is 1. The number of hydrogen-bond acceptors (Lipinski definition) is 3. The molecule has 0 amide bonds. The molecule has 2 N–H and O–H groups in total. The van der Waals surface area contributed by atoms with Gasteiger partial charge in [-0.1, -0.05) is 32.4 Å². The minimum atomic E-state index is -3.78. The fourth-order valence-electron chi connectivity index (χ4n) is 1.69. The molecule has 5 nitrogen and oxygen atoms in total. The summed E-state index contributed by atoms with van der Waals surface area (Å²) >= 11 is 0. The molecule has 0 aliphatic carbocycles. The maximum atomic E-state index is 12.0. The van der Waals surface area contributed by atoms with Gasteiger partial charge in [-0.25, -0.2) is 8.42 Å². The first kappa shape index (κ1) is 15.7. The molecule has 0 saturated carbocycles. The second-order valence-corrected chi connectivity index (χ2v) is 6.03. The number of aryl methyl sites for hydroxylation is 1. The summed E-state index contributed by atoms with van der Waals surface area (Å²) in [6, 6.07) is 5.41. The molecule has 1 atom stereocenters. The minimum Gasteiger partial charge on any atom is -0.480 e. The number of hydrogen-bond donors (Lipinski definition) is 2. The number of benzene rings is 1. The fourth-order valence-corrected chi connectivity index (χ4v) is 2.96. The molecule has 1 rings (SSSR count). The number of carbonyl (C=O) groups is 1. The van der Waals surface area contributed by atoms with Crippen LogP contribution in [0.2, 0.25) is 0 Å². The van der Waals surface area contributed by atoms with Crippen molar-refractivity contribution in [1.82, 2.24) is 4.72 Å². The Kier molecular flexibility index (Phi) is 5.50. The average Bonchev–Trinajstić information content (AvgIpc) is 2.37. The molecule has 1 unspecified atom stereocenters. The largest absolute Gasteiger partial charge is 0.480 e. The van der Waals surface area contributed by atoms with Gasteiger partial charge in [-0.2, -0.15) is 4.72 Å². The van der Waals surface area contributed by atoms with E-state index in [0.29, 0.717) is 0 Å². The van der Waals surface area contributed by atoms with Crippen LogP contribution in [-0.4, -0.2) is 25.5 Å². The maximum absolute atomic E-state index is 12.0. The molecule has 0 spiro atoms. The van der Waals surface area contributed by atoms with Gasteiger partial charge in [-0.3, -0.25) is 4.79 Å². The topological polar surface area (TPSA) is 83.5 Å². The van der Waals surface area contributed by atoms with Gasteiger partial charge in [0.05, 0.1) is 4.90 Å². The van der Waals surface area contributed by atoms with Crippen molar-refractivity contribution in [3.05, 3.63) is 29.8 Å². The zero-order valence-electron chi connectivity index (χ0n) is 11.1. The third kappa shape index (κ3) is 4.33. The summed E-state index contributed by atoms with van der Waals surface area (Å²) < 4.78 is 26.2. The first-order chi connectivity index (χ1) is 8.90. The van der Waals surface area contributed by atoms with Crippen molar-refractivity contribution in [3.8, 4) is 0 Å². The van der Waals surface area contributed by atoms with Gasteiger partial charge in [0.25, 0.3) is 0 Å². The number of rotatable bonds is 7. The van der Waals surface area contributed by atoms with Crippen LogP contribution in [0.3, 0.4) is 0 Å². The van der Waals surface area contributed by atoms with E-state index < -0.39 is 22.0 Å². The van der Waals surface area contributed by atoms with E-state index in [0.717, 1.165) is 18.4 Å². The van der Waals surface area contributed by atoms with Crippen LogP contribution >= 0.6 is 0 Å². The lowest BCUT2D eigenvalue weighted by Crippen LogP contribution is -2.40. The van der Waals surface area contributed by atoms with Crippen molar-refractivity contribution in [3.63, 3.8) is 0 Å². The molecule has 0 radical (unpaired) electrons. The molecule has 0 aromatic heterocycles. The van der Waals surface area contributed by atoms with Gasteiger partial charge in [-0.15, -0.1) is 0 Å². The normalized spacial score (nSPS) is 13.2. The van der Waals surface area contributed by atoms with Gasteiger partial charge in [-0.05, 0) is 30.5 Å². The molecular formula is C13H19NO4S. The average molecular weight is 285 g/mol. The predicted molar refractivity (Wildman–Crippen MR) is 72.5 cm³/mol. The number of carboxylic acids is 1. The van der Waals surface area contributed by atoms with Crippen LogP contribution in [0, 0.1) is 0 Å². The van der Waals surface area contributed by atoms with Crippen LogP contribution < -0.4 is 4.72 Å². The third-order valence-electron chi connectivity index (χ3n) is 2.78. The quantitative estimate of drug-likeness (QED) is 0.800. The summed E-state index contributed by atoms with van der Waals surface area (Å²) in [5.74, 6) is -1.17. The Morgan fingerprint density at radius 2 is 1.84 bits per heavy atom. The molecule has 0 bridgehead atoms. The van der Waals surface area contributed by atoms with Crippen LogP contribution in [0.15, 0.2) is 29.2 Å². The summed E-state index contributed by atoms with van der Waals surface area (Å²) in [6.07, 6.45) is 2.07. The molecule has 0 aliphatic rings. The van der Waals surface area contributed by atoms with Crippen molar-refractivity contribution in [2.75, 3.05) is 0 Å². The van der Waals surface area contributed by atoms with E-state index in [1.807, 2.05) is 6.92 Å². The molecule has 0 fully saturated rings. The molecule has 1 aromatic carbocycles. The van der Waals surface area contributed by atoms with E-state index in [1.165, 1.54) is 12.1 Å². The molecule has 106 valence electrons. The molecular weight excluding hydrogens is 266 g/mol. The molecule has 0 heterocycles. The standard InChI is InChI=1S/C13H19NO4S/c1-3-5-10-6-8-11(9-7-10)19(17,18)14-12(4-2)13(15)16/h6-9,12,14H,3-5H2,1-2H3,(H,15,16). The number of sulfonamides is 1. The second-order valence-electron chi connectivity index (χ2n) is 4.31. The van der Waals surface area contributed by atoms with E-state index in [4.69, 9.17) is 5.11 Å². The zero-order chi connectivity index (χ0) is 14.5. The summed E-state index contributed by atoms with van der Waals surface area (Å²) in [5.41, 5.74) is 1.06. The van der Waals surface area contributed by atoms with E-state index in [1.54, 1.807) is 19.1 Å². The predicted octanol–water partition coefficient (Wildman–Crippen LogP) is 1.78. The highest BCUT2D eigenvalue weighted by atomic mass is 32.2. The third-order valence-corrected chi connectivity index (χ3v) is 4.26. The summed E-state index contributed by atoms with van der Waals surface area (Å²) in [4.78, 5) is 10.9. The maximum Gasteiger partial charge on any atom is 0.321 e. The van der Waals surface area contributed by atoms with Gasteiger partial charge in [0, 0.05) is 0 Å². The SMILES string of the molecule is CCCc1ccc(S(=O)(=O)NC(CC)C(=O)O)cc1. The highest BCUT2D eigenvalue weighted by Crippen LogP contribution is 2.12. The van der Waals surface area contributed by atoms with Crippen molar-refractivity contribution in [1.29, 1.82) is 0 Å². The highest BCUT2D eigenvalue weighted by molar-refractivity contribution is 7.89. The second kappa shape index (κ2) is 6.68. The monoisotopic (exact) mass is 285 g/mol. The lowest BCUT2D eigenvalue weighted by atomic mass is 10.1. The molecule has 19 heavy (non-hydrogen) atoms. The van der Waals surface area contributed by atoms with Gasteiger partial charge in [0.2, 0.25) is 10.0 Å². The van der Waals surface area contributed by atoms with Gasteiger partial charge >= 0.3 is 5.97 Å². The molecule has 0 aliphatic heterocycles. The first-order valence-electron chi connectivity index (χ1n) is 6.24. The Morgan fingerprint density at radius 3 is 2.26 bits per heavy atom. The lowest BCUT2D eigenvalue weighted by molar-refractivity contribution is -0.139. The van der Waals surface area contributed by atoms with Gasteiger partial charge < -0.3 is 5.11 Å². The van der Waals surface area contributed by atoms with Crippen molar-refractivity contribution >= 4 is 16.0 Å². The zero-order valence-corrected chi connectivity index (χ0v) is 11.9. The Bertz CT molecular complexity index is 522. The fraction of sp³-hybridized carbons (Fsp3) is 0.462. The molecule has 1 aromatic rings. The molecule has 6 heteroatoms. The Labute approximate surface area is 113 Å². The Morgan fingerprint density at radius 1 is 1.26 bits per heavy atom. The Hall–Kier alpha value is -1.40. The van der Waals surface area contributed by atoms with Gasteiger partial charge in [0.15, 0.2) is 0 Å². The van der Waals surface area contributed by atoms with Crippen molar-refractivity contribution in [2.45, 2.75) is 44.0 Å². The van der Waals surface area contributed by atoms with Crippen LogP contribution in [-0.2, 0) is 21.2 Å². The summed E-state index contributed by atoms with van der Waals surface area (Å²) in [7, 11) is -3.78. The van der Waals surface area contributed by atoms with Crippen molar-refractivity contribution < 1.29 is 18.3 Å². The minimum absolute atomic E-state index is 0.0899. The number of nitrogens with one attached hydrogen (secondary N) is 1. The van der Waals surface area contributed by atoms with E-state index >= 15 is 0 Å². The van der Waals surface area contributed by atoms with Gasteiger partial charge in [0.1, 0.15) is 6.04 Å². The first-order valence-corrected chi connectivity index (χ1v) is 7.73. The lowest BCUT2D eigenvalue weighted by Gasteiger charge is -2.13. The smallest absolute Gasteiger partial charge is 0.321 e. The summed E-state index contributed by atoms with van der Waals surface area (Å²) in [5, 5.41) is 8.87. The van der Waals surface area contributed by atoms with Crippen LogP contribution in [0.1, 0.15) is 32.3 Å². The van der Waals surface area contributed by atoms with E-state index in [-0.39, 0.29) is 11.3 Å². The van der Waals surface area contributed by atoms with Crippen molar-refractivity contribution in [2.24, 2.45) is 0 Å². The van der Waals surface area contributed by atoms with Crippen LogP contribution in [0.4, 0.5) is 0 Å².